The molecule has 1 aliphatic heterocycles. The van der Waals surface area contributed by atoms with Crippen LogP contribution >= 0.6 is 0 Å². The van der Waals surface area contributed by atoms with Crippen molar-refractivity contribution in [2.75, 3.05) is 11.5 Å². The number of hydrogen-bond acceptors (Lipinski definition) is 5. The minimum atomic E-state index is -0.332. The minimum absolute atomic E-state index is 0.0430. The van der Waals surface area contributed by atoms with Crippen LogP contribution < -0.4 is 15.0 Å². The summed E-state index contributed by atoms with van der Waals surface area (Å²) in [5.74, 6) is 0.396. The molecule has 0 aliphatic carbocycles. The molecule has 148 valence electrons. The number of carbonyl (C=O) groups excluding carboxylic acids is 2. The molecule has 7 heteroatoms. The first-order valence-corrected chi connectivity index (χ1v) is 9.35. The predicted octanol–water partition coefficient (Wildman–Crippen LogP) is 3.40. The van der Waals surface area contributed by atoms with E-state index in [1.807, 2.05) is 62.4 Å². The van der Waals surface area contributed by atoms with Crippen LogP contribution in [0, 0.1) is 6.92 Å². The van der Waals surface area contributed by atoms with Crippen molar-refractivity contribution < 1.29 is 18.7 Å². The van der Waals surface area contributed by atoms with Crippen LogP contribution in [-0.2, 0) is 11.3 Å². The van der Waals surface area contributed by atoms with Gasteiger partial charge >= 0.3 is 0 Å². The number of fused-ring (bicyclic) bond motifs is 1. The maximum absolute atomic E-state index is 12.5. The van der Waals surface area contributed by atoms with Crippen molar-refractivity contribution in [2.45, 2.75) is 26.4 Å². The summed E-state index contributed by atoms with van der Waals surface area (Å²) < 4.78 is 10.9. The Balaban J connectivity index is 1.48. The van der Waals surface area contributed by atoms with Crippen LogP contribution in [0.15, 0.2) is 59.2 Å². The summed E-state index contributed by atoms with van der Waals surface area (Å²) >= 11 is 0. The lowest BCUT2D eigenvalue weighted by Crippen LogP contribution is -2.38. The summed E-state index contributed by atoms with van der Waals surface area (Å²) in [7, 11) is 0. The van der Waals surface area contributed by atoms with E-state index in [1.165, 1.54) is 6.26 Å². The number of benzene rings is 2. The van der Waals surface area contributed by atoms with Gasteiger partial charge < -0.3 is 14.5 Å². The van der Waals surface area contributed by atoms with Crippen molar-refractivity contribution in [3.05, 3.63) is 77.5 Å². The predicted molar refractivity (Wildman–Crippen MR) is 107 cm³/mol. The van der Waals surface area contributed by atoms with Crippen LogP contribution in [0.1, 0.15) is 40.5 Å². The number of carbonyl (C=O) groups is 2. The number of anilines is 1. The minimum Gasteiger partial charge on any atom is -0.482 e. The molecule has 1 aromatic heterocycles. The van der Waals surface area contributed by atoms with Crippen molar-refractivity contribution in [1.82, 2.24) is 10.3 Å². The zero-order valence-electron chi connectivity index (χ0n) is 16.2. The largest absolute Gasteiger partial charge is 0.482 e. The summed E-state index contributed by atoms with van der Waals surface area (Å²) in [6.07, 6.45) is 1.31. The molecule has 0 saturated carbocycles. The molecule has 7 nitrogen and oxygen atoms in total. The molecule has 3 aromatic rings. The quantitative estimate of drug-likeness (QED) is 0.721. The van der Waals surface area contributed by atoms with Gasteiger partial charge in [-0.3, -0.25) is 14.5 Å². The molecule has 1 aliphatic rings. The Kier molecular flexibility index (Phi) is 5.03. The first kappa shape index (κ1) is 18.7. The number of nitrogens with one attached hydrogen (secondary N) is 1. The molecular weight excluding hydrogens is 370 g/mol. The van der Waals surface area contributed by atoms with Gasteiger partial charge in [-0.1, -0.05) is 36.4 Å². The number of hydrogen-bond donors (Lipinski definition) is 1. The molecule has 0 saturated heterocycles. The lowest BCUT2D eigenvalue weighted by molar-refractivity contribution is -0.121. The zero-order chi connectivity index (χ0) is 20.4. The van der Waals surface area contributed by atoms with E-state index in [9.17, 15) is 9.59 Å². The SMILES string of the molecule is Cc1ccc2c(c1)N(Cc1nc(C(=O)NC(C)c3ccccc3)co1)C(=O)CO2. The van der Waals surface area contributed by atoms with Gasteiger partial charge in [-0.05, 0) is 37.1 Å². The Bertz CT molecular complexity index is 1050. The number of nitrogens with zero attached hydrogens (tertiary/aromatic N) is 2. The smallest absolute Gasteiger partial charge is 0.273 e. The van der Waals surface area contributed by atoms with E-state index in [4.69, 9.17) is 9.15 Å². The van der Waals surface area contributed by atoms with Crippen molar-refractivity contribution in [3.63, 3.8) is 0 Å². The van der Waals surface area contributed by atoms with Crippen molar-refractivity contribution in [1.29, 1.82) is 0 Å². The second-order valence-electron chi connectivity index (χ2n) is 6.97. The summed E-state index contributed by atoms with van der Waals surface area (Å²) in [6, 6.07) is 15.1. The number of aryl methyl sites for hydroxylation is 1. The normalized spacial score (nSPS) is 14.1. The topological polar surface area (TPSA) is 84.7 Å². The molecule has 0 spiro atoms. The fourth-order valence-corrected chi connectivity index (χ4v) is 3.20. The van der Waals surface area contributed by atoms with Crippen LogP contribution in [0.2, 0.25) is 0 Å². The number of aromatic nitrogens is 1. The van der Waals surface area contributed by atoms with Crippen LogP contribution in [0.25, 0.3) is 0 Å². The molecule has 4 rings (SSSR count). The lowest BCUT2D eigenvalue weighted by atomic mass is 10.1. The molecule has 0 fully saturated rings. The first-order valence-electron chi connectivity index (χ1n) is 9.35. The summed E-state index contributed by atoms with van der Waals surface area (Å²) in [5, 5.41) is 2.90. The van der Waals surface area contributed by atoms with E-state index in [2.05, 4.69) is 10.3 Å². The van der Waals surface area contributed by atoms with E-state index in [1.54, 1.807) is 4.90 Å². The zero-order valence-corrected chi connectivity index (χ0v) is 16.2. The van der Waals surface area contributed by atoms with E-state index < -0.39 is 0 Å². The maximum atomic E-state index is 12.5. The Hall–Kier alpha value is -3.61. The van der Waals surface area contributed by atoms with E-state index in [0.29, 0.717) is 11.4 Å². The third-order valence-electron chi connectivity index (χ3n) is 4.78. The van der Waals surface area contributed by atoms with E-state index in [-0.39, 0.29) is 42.6 Å². The van der Waals surface area contributed by atoms with Crippen molar-refractivity contribution >= 4 is 17.5 Å². The van der Waals surface area contributed by atoms with Gasteiger partial charge in [0.15, 0.2) is 12.3 Å². The Morgan fingerprint density at radius 3 is 2.83 bits per heavy atom. The Morgan fingerprint density at radius 1 is 1.24 bits per heavy atom. The summed E-state index contributed by atoms with van der Waals surface area (Å²) in [5.41, 5.74) is 2.85. The van der Waals surface area contributed by atoms with Gasteiger partial charge in [0.05, 0.1) is 11.7 Å². The van der Waals surface area contributed by atoms with E-state index in [0.717, 1.165) is 11.1 Å². The van der Waals surface area contributed by atoms with Crippen molar-refractivity contribution in [3.8, 4) is 5.75 Å². The molecule has 1 atom stereocenters. The number of ether oxygens (including phenoxy) is 1. The van der Waals surface area contributed by atoms with Gasteiger partial charge in [0, 0.05) is 0 Å². The second kappa shape index (κ2) is 7.79. The monoisotopic (exact) mass is 391 g/mol. The van der Waals surface area contributed by atoms with Gasteiger partial charge in [-0.15, -0.1) is 0 Å². The van der Waals surface area contributed by atoms with Crippen LogP contribution in [-0.4, -0.2) is 23.4 Å². The third kappa shape index (κ3) is 3.99. The average molecular weight is 391 g/mol. The molecule has 2 aromatic carbocycles. The van der Waals surface area contributed by atoms with Gasteiger partial charge in [0.2, 0.25) is 5.89 Å². The highest BCUT2D eigenvalue weighted by Crippen LogP contribution is 2.33. The molecule has 1 unspecified atom stereocenters. The molecule has 2 amide bonds. The highest BCUT2D eigenvalue weighted by Gasteiger charge is 2.27. The van der Waals surface area contributed by atoms with Crippen LogP contribution in [0.5, 0.6) is 5.75 Å². The fourth-order valence-electron chi connectivity index (χ4n) is 3.20. The summed E-state index contributed by atoms with van der Waals surface area (Å²) in [6.45, 7) is 3.93. The fraction of sp³-hybridized carbons (Fsp3) is 0.227. The van der Waals surface area contributed by atoms with Gasteiger partial charge in [-0.25, -0.2) is 4.98 Å². The molecular formula is C22H21N3O4. The van der Waals surface area contributed by atoms with E-state index >= 15 is 0 Å². The third-order valence-corrected chi connectivity index (χ3v) is 4.78. The Labute approximate surface area is 168 Å². The molecule has 0 bridgehead atoms. The van der Waals surface area contributed by atoms with Crippen LogP contribution in [0.3, 0.4) is 0 Å². The standard InChI is InChI=1S/C22H21N3O4/c1-14-8-9-19-18(10-14)25(21(26)13-28-19)11-20-24-17(12-29-20)22(27)23-15(2)16-6-4-3-5-7-16/h3-10,12,15H,11,13H2,1-2H3,(H,23,27). The first-order chi connectivity index (χ1) is 14.0. The molecule has 0 radical (unpaired) electrons. The van der Waals surface area contributed by atoms with Crippen molar-refractivity contribution in [2.24, 2.45) is 0 Å². The summed E-state index contributed by atoms with van der Waals surface area (Å²) in [4.78, 5) is 30.7. The molecule has 29 heavy (non-hydrogen) atoms. The average Bonchev–Trinajstić information content (AvgIpc) is 3.20. The highest BCUT2D eigenvalue weighted by molar-refractivity contribution is 5.97. The number of oxazole rings is 1. The molecule has 2 heterocycles. The second-order valence-corrected chi connectivity index (χ2v) is 6.97. The van der Waals surface area contributed by atoms with Gasteiger partial charge in [0.1, 0.15) is 18.6 Å². The number of rotatable bonds is 5. The van der Waals surface area contributed by atoms with Gasteiger partial charge in [-0.2, -0.15) is 0 Å². The molecule has 1 N–H and O–H groups in total. The number of amides is 2. The van der Waals surface area contributed by atoms with Crippen LogP contribution in [0.4, 0.5) is 5.69 Å². The Morgan fingerprint density at radius 2 is 2.03 bits per heavy atom. The van der Waals surface area contributed by atoms with Gasteiger partial charge in [0.25, 0.3) is 11.8 Å². The highest BCUT2D eigenvalue weighted by atomic mass is 16.5. The maximum Gasteiger partial charge on any atom is 0.273 e. The lowest BCUT2D eigenvalue weighted by Gasteiger charge is -2.28.